The van der Waals surface area contributed by atoms with Gasteiger partial charge in [-0.2, -0.15) is 0 Å². The van der Waals surface area contributed by atoms with Gasteiger partial charge in [0.05, 0.1) is 16.4 Å². The molecule has 0 aromatic heterocycles. The number of benzene rings is 1. The van der Waals surface area contributed by atoms with Crippen molar-refractivity contribution in [2.75, 3.05) is 17.2 Å². The zero-order chi connectivity index (χ0) is 15.0. The van der Waals surface area contributed by atoms with Gasteiger partial charge in [-0.3, -0.25) is 4.79 Å². The van der Waals surface area contributed by atoms with Crippen LogP contribution in [0.4, 0.5) is 11.4 Å². The number of fused-ring (bicyclic) bond motifs is 1. The Hall–Kier alpha value is -1.42. The third-order valence-corrected chi connectivity index (χ3v) is 4.71. The third kappa shape index (κ3) is 3.26. The molecule has 2 N–H and O–H groups in total. The highest BCUT2D eigenvalue weighted by Crippen LogP contribution is 2.39. The van der Waals surface area contributed by atoms with Crippen LogP contribution in [0.5, 0.6) is 5.75 Å². The summed E-state index contributed by atoms with van der Waals surface area (Å²) in [6.45, 7) is 4.71. The van der Waals surface area contributed by atoms with E-state index >= 15 is 0 Å². The number of rotatable bonds is 2. The van der Waals surface area contributed by atoms with Crippen LogP contribution in [0.2, 0.25) is 5.02 Å². The molecule has 0 radical (unpaired) electrons. The molecule has 0 spiro atoms. The van der Waals surface area contributed by atoms with Gasteiger partial charge in [0, 0.05) is 12.1 Å². The van der Waals surface area contributed by atoms with Gasteiger partial charge in [-0.25, -0.2) is 0 Å². The first-order valence-electron chi connectivity index (χ1n) is 7.46. The van der Waals surface area contributed by atoms with Crippen LogP contribution in [0, 0.1) is 5.41 Å². The molecule has 1 aromatic carbocycles. The van der Waals surface area contributed by atoms with Crippen LogP contribution in [-0.4, -0.2) is 18.6 Å². The van der Waals surface area contributed by atoms with Gasteiger partial charge in [-0.15, -0.1) is 0 Å². The molecule has 0 atom stereocenters. The number of hydrogen-bond donors (Lipinski definition) is 2. The average molecular weight is 309 g/mol. The highest BCUT2D eigenvalue weighted by molar-refractivity contribution is 6.33. The minimum absolute atomic E-state index is 0.0612. The van der Waals surface area contributed by atoms with Crippen molar-refractivity contribution in [2.45, 2.75) is 45.6 Å². The third-order valence-electron chi connectivity index (χ3n) is 4.40. The Labute approximate surface area is 130 Å². The molecule has 1 heterocycles. The molecule has 1 aliphatic heterocycles. The fraction of sp³-hybridized carbons (Fsp3) is 0.562. The van der Waals surface area contributed by atoms with Crippen LogP contribution in [0.3, 0.4) is 0 Å². The molecule has 0 bridgehead atoms. The summed E-state index contributed by atoms with van der Waals surface area (Å²) in [7, 11) is 0. The number of ether oxygens (including phenoxy) is 1. The Morgan fingerprint density at radius 2 is 2.05 bits per heavy atom. The molecule has 0 saturated heterocycles. The van der Waals surface area contributed by atoms with E-state index in [1.165, 1.54) is 12.8 Å². The standard InChI is InChI=1S/C16H21ClN2O2/c1-16(2)5-3-10(4-6-16)18-12-8-14-13(7-11(12)17)19-15(20)9-21-14/h7-8,10,18H,3-6,9H2,1-2H3,(H,19,20). The van der Waals surface area contributed by atoms with E-state index in [4.69, 9.17) is 16.3 Å². The van der Waals surface area contributed by atoms with Crippen LogP contribution in [0.15, 0.2) is 12.1 Å². The average Bonchev–Trinajstić information content (AvgIpc) is 2.42. The second kappa shape index (κ2) is 5.41. The first-order valence-corrected chi connectivity index (χ1v) is 7.83. The molecule has 4 nitrogen and oxygen atoms in total. The van der Waals surface area contributed by atoms with Crippen molar-refractivity contribution in [2.24, 2.45) is 5.41 Å². The molecule has 1 aliphatic carbocycles. The monoisotopic (exact) mass is 308 g/mol. The lowest BCUT2D eigenvalue weighted by Crippen LogP contribution is -2.30. The number of hydrogen-bond acceptors (Lipinski definition) is 3. The number of carbonyl (C=O) groups is 1. The van der Waals surface area contributed by atoms with Crippen molar-refractivity contribution in [3.8, 4) is 5.75 Å². The number of anilines is 2. The minimum atomic E-state index is -0.145. The molecule has 21 heavy (non-hydrogen) atoms. The van der Waals surface area contributed by atoms with Crippen molar-refractivity contribution in [1.29, 1.82) is 0 Å². The van der Waals surface area contributed by atoms with Crippen molar-refractivity contribution in [3.63, 3.8) is 0 Å². The van der Waals surface area contributed by atoms with Gasteiger partial charge in [0.2, 0.25) is 0 Å². The van der Waals surface area contributed by atoms with Gasteiger partial charge in [-0.1, -0.05) is 25.4 Å². The van der Waals surface area contributed by atoms with Gasteiger partial charge < -0.3 is 15.4 Å². The molecule has 3 rings (SSSR count). The topological polar surface area (TPSA) is 50.4 Å². The van der Waals surface area contributed by atoms with Gasteiger partial charge >= 0.3 is 0 Å². The molecule has 2 aliphatic rings. The van der Waals surface area contributed by atoms with E-state index in [1.807, 2.05) is 6.07 Å². The lowest BCUT2D eigenvalue weighted by Gasteiger charge is -2.35. The van der Waals surface area contributed by atoms with Crippen molar-refractivity contribution < 1.29 is 9.53 Å². The van der Waals surface area contributed by atoms with Crippen LogP contribution >= 0.6 is 11.6 Å². The SMILES string of the molecule is CC1(C)CCC(Nc2cc3c(cc2Cl)NC(=O)CO3)CC1. The molecule has 1 fully saturated rings. The zero-order valence-electron chi connectivity index (χ0n) is 12.5. The van der Waals surface area contributed by atoms with Crippen molar-refractivity contribution >= 4 is 28.9 Å². The van der Waals surface area contributed by atoms with Crippen molar-refractivity contribution in [3.05, 3.63) is 17.2 Å². The van der Waals surface area contributed by atoms with Crippen LogP contribution in [0.1, 0.15) is 39.5 Å². The Kier molecular flexibility index (Phi) is 3.74. The Balaban J connectivity index is 1.73. The summed E-state index contributed by atoms with van der Waals surface area (Å²) < 4.78 is 5.44. The summed E-state index contributed by atoms with van der Waals surface area (Å²) in [5.74, 6) is 0.534. The number of amides is 1. The predicted molar refractivity (Wildman–Crippen MR) is 85.2 cm³/mol. The lowest BCUT2D eigenvalue weighted by atomic mass is 9.75. The Morgan fingerprint density at radius 3 is 2.76 bits per heavy atom. The van der Waals surface area contributed by atoms with E-state index in [-0.39, 0.29) is 12.5 Å². The van der Waals surface area contributed by atoms with Crippen LogP contribution in [-0.2, 0) is 4.79 Å². The Morgan fingerprint density at radius 1 is 1.33 bits per heavy atom. The molecule has 1 amide bonds. The molecule has 1 aromatic rings. The van der Waals surface area contributed by atoms with E-state index in [1.54, 1.807) is 6.07 Å². The van der Waals surface area contributed by atoms with Gasteiger partial charge in [0.25, 0.3) is 5.91 Å². The maximum atomic E-state index is 11.3. The van der Waals surface area contributed by atoms with Gasteiger partial charge in [-0.05, 0) is 37.2 Å². The highest BCUT2D eigenvalue weighted by atomic mass is 35.5. The van der Waals surface area contributed by atoms with E-state index < -0.39 is 0 Å². The summed E-state index contributed by atoms with van der Waals surface area (Å²) >= 11 is 6.31. The smallest absolute Gasteiger partial charge is 0.262 e. The molecule has 0 unspecified atom stereocenters. The van der Waals surface area contributed by atoms with E-state index in [2.05, 4.69) is 24.5 Å². The molecule has 5 heteroatoms. The summed E-state index contributed by atoms with van der Waals surface area (Å²) in [4.78, 5) is 11.3. The lowest BCUT2D eigenvalue weighted by molar-refractivity contribution is -0.118. The molecular formula is C16H21ClN2O2. The predicted octanol–water partition coefficient (Wildman–Crippen LogP) is 4.05. The zero-order valence-corrected chi connectivity index (χ0v) is 13.2. The first kappa shape index (κ1) is 14.5. The molecule has 114 valence electrons. The fourth-order valence-corrected chi connectivity index (χ4v) is 3.19. The van der Waals surface area contributed by atoms with Gasteiger partial charge in [0.1, 0.15) is 5.75 Å². The second-order valence-electron chi connectivity index (χ2n) is 6.75. The fourth-order valence-electron chi connectivity index (χ4n) is 2.97. The van der Waals surface area contributed by atoms with Crippen LogP contribution in [0.25, 0.3) is 0 Å². The number of nitrogens with one attached hydrogen (secondary N) is 2. The second-order valence-corrected chi connectivity index (χ2v) is 7.16. The van der Waals surface area contributed by atoms with E-state index in [9.17, 15) is 4.79 Å². The normalized spacial score (nSPS) is 21.2. The van der Waals surface area contributed by atoms with E-state index in [0.717, 1.165) is 18.5 Å². The summed E-state index contributed by atoms with van der Waals surface area (Å²) in [5.41, 5.74) is 1.98. The van der Waals surface area contributed by atoms with E-state index in [0.29, 0.717) is 27.9 Å². The summed E-state index contributed by atoms with van der Waals surface area (Å²) in [6, 6.07) is 4.09. The number of halogens is 1. The molecule has 1 saturated carbocycles. The number of carbonyl (C=O) groups excluding carboxylic acids is 1. The largest absolute Gasteiger partial charge is 0.482 e. The first-order chi connectivity index (χ1) is 9.93. The summed E-state index contributed by atoms with van der Waals surface area (Å²) in [6.07, 6.45) is 4.75. The van der Waals surface area contributed by atoms with Crippen molar-refractivity contribution in [1.82, 2.24) is 0 Å². The summed E-state index contributed by atoms with van der Waals surface area (Å²) in [5, 5.41) is 6.90. The minimum Gasteiger partial charge on any atom is -0.482 e. The maximum Gasteiger partial charge on any atom is 0.262 e. The van der Waals surface area contributed by atoms with Crippen LogP contribution < -0.4 is 15.4 Å². The van der Waals surface area contributed by atoms with Gasteiger partial charge in [0.15, 0.2) is 6.61 Å². The highest BCUT2D eigenvalue weighted by Gasteiger charge is 2.27. The Bertz CT molecular complexity index is 562. The quantitative estimate of drug-likeness (QED) is 0.866. The maximum absolute atomic E-state index is 11.3. The molecular weight excluding hydrogens is 288 g/mol.